The van der Waals surface area contributed by atoms with E-state index < -0.39 is 0 Å². The second-order valence-corrected chi connectivity index (χ2v) is 6.05. The zero-order chi connectivity index (χ0) is 17.4. The lowest BCUT2D eigenvalue weighted by molar-refractivity contribution is -0.113. The number of hydrogen-bond donors (Lipinski definition) is 1. The van der Waals surface area contributed by atoms with Crippen LogP contribution >= 0.6 is 11.8 Å². The van der Waals surface area contributed by atoms with Gasteiger partial charge in [0.15, 0.2) is 0 Å². The van der Waals surface area contributed by atoms with Crippen LogP contribution < -0.4 is 10.1 Å². The van der Waals surface area contributed by atoms with Crippen LogP contribution in [0.2, 0.25) is 0 Å². The molecule has 0 atom stereocenters. The molecule has 6 heteroatoms. The Kier molecular flexibility index (Phi) is 6.64. The highest BCUT2D eigenvalue weighted by Gasteiger charge is 2.10. The Balaban J connectivity index is 1.97. The molecule has 0 aliphatic heterocycles. The maximum Gasteiger partial charge on any atom is 0.234 e. The normalized spacial score (nSPS) is 10.0. The highest BCUT2D eigenvalue weighted by atomic mass is 32.2. The first kappa shape index (κ1) is 17.8. The number of carbonyl (C=O) groups is 1. The van der Waals surface area contributed by atoms with E-state index in [4.69, 9.17) is 4.74 Å². The van der Waals surface area contributed by atoms with E-state index in [1.54, 1.807) is 37.4 Å². The lowest BCUT2D eigenvalue weighted by atomic mass is 10.2. The quantitative estimate of drug-likeness (QED) is 0.778. The minimum absolute atomic E-state index is 0.142. The van der Waals surface area contributed by atoms with E-state index in [1.807, 2.05) is 6.07 Å². The summed E-state index contributed by atoms with van der Waals surface area (Å²) >= 11 is 1.28. The summed E-state index contributed by atoms with van der Waals surface area (Å²) in [5, 5.41) is 12.6. The number of pyridine rings is 1. The first-order chi connectivity index (χ1) is 11.7. The molecule has 1 aromatic heterocycles. The maximum atomic E-state index is 12.1. The van der Waals surface area contributed by atoms with Crippen molar-refractivity contribution in [3.8, 4) is 11.8 Å². The number of nitriles is 1. The number of thioether (sulfide) groups is 1. The Hall–Kier alpha value is -2.52. The molecule has 0 spiro atoms. The fourth-order valence-corrected chi connectivity index (χ4v) is 2.87. The highest BCUT2D eigenvalue weighted by Crippen LogP contribution is 2.22. The third kappa shape index (κ3) is 5.00. The van der Waals surface area contributed by atoms with E-state index >= 15 is 0 Å². The molecule has 1 amide bonds. The highest BCUT2D eigenvalue weighted by molar-refractivity contribution is 8.00. The van der Waals surface area contributed by atoms with E-state index in [9.17, 15) is 10.1 Å². The molecule has 1 N–H and O–H groups in total. The molecule has 0 aliphatic rings. The molecule has 0 fully saturated rings. The Morgan fingerprint density at radius 2 is 2.04 bits per heavy atom. The topological polar surface area (TPSA) is 75.0 Å². The average molecular weight is 341 g/mol. The average Bonchev–Trinajstić information content (AvgIpc) is 2.61. The van der Waals surface area contributed by atoms with Crippen LogP contribution in [0.15, 0.2) is 41.4 Å². The van der Waals surface area contributed by atoms with Crippen molar-refractivity contribution in [2.45, 2.75) is 24.8 Å². The van der Waals surface area contributed by atoms with Crippen molar-refractivity contribution in [2.75, 3.05) is 18.2 Å². The maximum absolute atomic E-state index is 12.1. The molecule has 5 nitrogen and oxygen atoms in total. The molecule has 0 unspecified atom stereocenters. The number of amides is 1. The molecule has 0 aliphatic carbocycles. The van der Waals surface area contributed by atoms with Crippen molar-refractivity contribution in [1.82, 2.24) is 4.98 Å². The second-order valence-electron chi connectivity index (χ2n) is 5.08. The van der Waals surface area contributed by atoms with Crippen LogP contribution in [0.4, 0.5) is 5.69 Å². The summed E-state index contributed by atoms with van der Waals surface area (Å²) in [7, 11) is 1.59. The van der Waals surface area contributed by atoms with Gasteiger partial charge in [0.1, 0.15) is 16.8 Å². The smallest absolute Gasteiger partial charge is 0.234 e. The molecular weight excluding hydrogens is 322 g/mol. The van der Waals surface area contributed by atoms with Gasteiger partial charge in [0.05, 0.1) is 18.4 Å². The lowest BCUT2D eigenvalue weighted by Crippen LogP contribution is -2.14. The first-order valence-electron chi connectivity index (χ1n) is 7.63. The van der Waals surface area contributed by atoms with E-state index in [-0.39, 0.29) is 11.7 Å². The van der Waals surface area contributed by atoms with Crippen LogP contribution in [0.3, 0.4) is 0 Å². The van der Waals surface area contributed by atoms with Crippen LogP contribution in [-0.2, 0) is 11.2 Å². The summed E-state index contributed by atoms with van der Waals surface area (Å²) < 4.78 is 5.08. The van der Waals surface area contributed by atoms with Gasteiger partial charge in [-0.1, -0.05) is 25.1 Å². The number of hydrogen-bond acceptors (Lipinski definition) is 5. The van der Waals surface area contributed by atoms with E-state index in [0.717, 1.165) is 24.3 Å². The third-order valence-electron chi connectivity index (χ3n) is 3.26. The number of ether oxygens (including phenoxy) is 1. The standard InChI is InChI=1S/C18H19N3O2S/c1-3-4-14-6-5-13(11-19)18(21-14)24-12-17(22)20-15-7-9-16(23-2)10-8-15/h5-10H,3-4,12H2,1-2H3,(H,20,22). The number of aryl methyl sites for hydroxylation is 1. The SMILES string of the molecule is CCCc1ccc(C#N)c(SCC(=O)Nc2ccc(OC)cc2)n1. The third-order valence-corrected chi connectivity index (χ3v) is 4.25. The Morgan fingerprint density at radius 1 is 1.29 bits per heavy atom. The molecule has 0 saturated carbocycles. The van der Waals surface area contributed by atoms with Gasteiger partial charge in [-0.25, -0.2) is 4.98 Å². The van der Waals surface area contributed by atoms with Crippen LogP contribution in [-0.4, -0.2) is 23.8 Å². The Morgan fingerprint density at radius 3 is 2.67 bits per heavy atom. The van der Waals surface area contributed by atoms with Crippen LogP contribution in [0.25, 0.3) is 0 Å². The number of rotatable bonds is 7. The summed E-state index contributed by atoms with van der Waals surface area (Å²) in [5.41, 5.74) is 2.14. The van der Waals surface area contributed by atoms with Gasteiger partial charge in [-0.15, -0.1) is 0 Å². The second kappa shape index (κ2) is 8.94. The number of carbonyl (C=O) groups excluding carboxylic acids is 1. The summed E-state index contributed by atoms with van der Waals surface area (Å²) in [5.74, 6) is 0.790. The number of aromatic nitrogens is 1. The monoisotopic (exact) mass is 341 g/mol. The predicted molar refractivity (Wildman–Crippen MR) is 95.3 cm³/mol. The minimum Gasteiger partial charge on any atom is -0.497 e. The molecule has 24 heavy (non-hydrogen) atoms. The zero-order valence-electron chi connectivity index (χ0n) is 13.7. The number of anilines is 1. The molecule has 0 saturated heterocycles. The van der Waals surface area contributed by atoms with Crippen LogP contribution in [0.5, 0.6) is 5.75 Å². The van der Waals surface area contributed by atoms with E-state index in [2.05, 4.69) is 23.3 Å². The van der Waals surface area contributed by atoms with Crippen molar-refractivity contribution in [1.29, 1.82) is 5.26 Å². The van der Waals surface area contributed by atoms with Gasteiger partial charge in [-0.2, -0.15) is 5.26 Å². The van der Waals surface area contributed by atoms with Crippen molar-refractivity contribution < 1.29 is 9.53 Å². The predicted octanol–water partition coefficient (Wildman–Crippen LogP) is 3.65. The van der Waals surface area contributed by atoms with Crippen molar-refractivity contribution in [2.24, 2.45) is 0 Å². The van der Waals surface area contributed by atoms with Gasteiger partial charge < -0.3 is 10.1 Å². The molecular formula is C18H19N3O2S. The van der Waals surface area contributed by atoms with Gasteiger partial charge in [0, 0.05) is 11.4 Å². The van der Waals surface area contributed by atoms with Gasteiger partial charge >= 0.3 is 0 Å². The summed E-state index contributed by atoms with van der Waals surface area (Å²) in [6.45, 7) is 2.08. The Labute approximate surface area is 146 Å². The van der Waals surface area contributed by atoms with Gasteiger partial charge in [-0.3, -0.25) is 4.79 Å². The molecule has 1 heterocycles. The van der Waals surface area contributed by atoms with Crippen LogP contribution in [0.1, 0.15) is 24.6 Å². The summed E-state index contributed by atoms with van der Waals surface area (Å²) in [6.07, 6.45) is 1.85. The molecule has 0 bridgehead atoms. The minimum atomic E-state index is -0.142. The number of nitrogens with zero attached hydrogens (tertiary/aromatic N) is 2. The summed E-state index contributed by atoms with van der Waals surface area (Å²) in [4.78, 5) is 16.6. The van der Waals surface area contributed by atoms with Gasteiger partial charge in [0.25, 0.3) is 0 Å². The molecule has 0 radical (unpaired) electrons. The molecule has 2 aromatic rings. The van der Waals surface area contributed by atoms with Crippen molar-refractivity contribution in [3.63, 3.8) is 0 Å². The summed E-state index contributed by atoms with van der Waals surface area (Å²) in [6, 6.07) is 12.9. The fraction of sp³-hybridized carbons (Fsp3) is 0.278. The fourth-order valence-electron chi connectivity index (χ4n) is 2.07. The first-order valence-corrected chi connectivity index (χ1v) is 8.61. The van der Waals surface area contributed by atoms with E-state index in [1.165, 1.54) is 11.8 Å². The number of methoxy groups -OCH3 is 1. The Bertz CT molecular complexity index is 739. The van der Waals surface area contributed by atoms with Crippen molar-refractivity contribution >= 4 is 23.4 Å². The van der Waals surface area contributed by atoms with Gasteiger partial charge in [-0.05, 0) is 42.8 Å². The van der Waals surface area contributed by atoms with Gasteiger partial charge in [0.2, 0.25) is 5.91 Å². The number of nitrogens with one attached hydrogen (secondary N) is 1. The molecule has 2 rings (SSSR count). The van der Waals surface area contributed by atoms with Crippen molar-refractivity contribution in [3.05, 3.63) is 47.7 Å². The van der Waals surface area contributed by atoms with E-state index in [0.29, 0.717) is 16.3 Å². The largest absolute Gasteiger partial charge is 0.497 e. The number of benzene rings is 1. The lowest BCUT2D eigenvalue weighted by Gasteiger charge is -2.08. The molecule has 1 aromatic carbocycles. The molecule has 124 valence electrons. The van der Waals surface area contributed by atoms with Crippen LogP contribution in [0, 0.1) is 11.3 Å². The zero-order valence-corrected chi connectivity index (χ0v) is 14.5.